The van der Waals surface area contributed by atoms with E-state index < -0.39 is 10.0 Å². The molecule has 0 unspecified atom stereocenters. The fraction of sp³-hybridized carbons (Fsp3) is 0.714. The summed E-state index contributed by atoms with van der Waals surface area (Å²) in [6, 6.07) is 3.65. The van der Waals surface area contributed by atoms with Gasteiger partial charge in [-0.25, -0.2) is 8.42 Å². The van der Waals surface area contributed by atoms with E-state index >= 15 is 0 Å². The molecule has 0 bridgehead atoms. The first-order chi connectivity index (χ1) is 9.54. The third-order valence-corrected chi connectivity index (χ3v) is 7.38. The highest BCUT2D eigenvalue weighted by atomic mass is 32.2. The predicted molar refractivity (Wildman–Crippen MR) is 83.8 cm³/mol. The zero-order valence-electron chi connectivity index (χ0n) is 12.3. The van der Waals surface area contributed by atoms with Crippen molar-refractivity contribution >= 4 is 21.4 Å². The smallest absolute Gasteiger partial charge is 0.252 e. The van der Waals surface area contributed by atoms with Gasteiger partial charge in [-0.15, -0.1) is 11.3 Å². The van der Waals surface area contributed by atoms with Crippen LogP contribution in [-0.4, -0.2) is 50.8 Å². The molecule has 4 nitrogen and oxygen atoms in total. The van der Waals surface area contributed by atoms with Crippen LogP contribution < -0.4 is 0 Å². The molecule has 0 radical (unpaired) electrons. The minimum absolute atomic E-state index is 0.468. The molecule has 1 aromatic rings. The Hall–Kier alpha value is -0.430. The Morgan fingerprint density at radius 2 is 1.95 bits per heavy atom. The molecule has 1 fully saturated rings. The molecule has 0 aromatic carbocycles. The van der Waals surface area contributed by atoms with Crippen LogP contribution >= 0.6 is 11.3 Å². The van der Waals surface area contributed by atoms with E-state index in [2.05, 4.69) is 4.90 Å². The zero-order valence-corrected chi connectivity index (χ0v) is 14.0. The third kappa shape index (κ3) is 3.81. The fourth-order valence-electron chi connectivity index (χ4n) is 2.43. The molecule has 1 saturated heterocycles. The number of aryl methyl sites for hydroxylation is 1. The van der Waals surface area contributed by atoms with Crippen LogP contribution in [0.15, 0.2) is 16.3 Å². The predicted octanol–water partition coefficient (Wildman–Crippen LogP) is 2.42. The standard InChI is InChI=1S/C14H24N2O2S2/c1-3-13-7-8-14(19-13)20(17,18)15(2)11-12-16-9-5-4-6-10-16/h7-8H,3-6,9-12H2,1-2H3. The summed E-state index contributed by atoms with van der Waals surface area (Å²) in [6.07, 6.45) is 4.67. The second kappa shape index (κ2) is 7.02. The molecule has 114 valence electrons. The maximum Gasteiger partial charge on any atom is 0.252 e. The Morgan fingerprint density at radius 1 is 1.25 bits per heavy atom. The second-order valence-corrected chi connectivity index (χ2v) is 8.74. The normalized spacial score (nSPS) is 17.8. The van der Waals surface area contributed by atoms with Gasteiger partial charge in [-0.1, -0.05) is 13.3 Å². The second-order valence-electron chi connectivity index (χ2n) is 5.30. The quantitative estimate of drug-likeness (QED) is 0.809. The minimum Gasteiger partial charge on any atom is -0.302 e. The van der Waals surface area contributed by atoms with E-state index in [1.165, 1.54) is 34.9 Å². The first-order valence-corrected chi connectivity index (χ1v) is 9.57. The van der Waals surface area contributed by atoms with Crippen molar-refractivity contribution in [2.24, 2.45) is 0 Å². The Morgan fingerprint density at radius 3 is 2.55 bits per heavy atom. The van der Waals surface area contributed by atoms with Crippen molar-refractivity contribution in [1.82, 2.24) is 9.21 Å². The summed E-state index contributed by atoms with van der Waals surface area (Å²) in [6.45, 7) is 5.66. The van der Waals surface area contributed by atoms with E-state index in [0.717, 1.165) is 30.9 Å². The van der Waals surface area contributed by atoms with E-state index in [1.54, 1.807) is 13.1 Å². The van der Waals surface area contributed by atoms with Gasteiger partial charge in [0, 0.05) is 25.0 Å². The molecule has 6 heteroatoms. The first kappa shape index (κ1) is 15.9. The maximum atomic E-state index is 12.5. The molecule has 1 aliphatic heterocycles. The summed E-state index contributed by atoms with van der Waals surface area (Å²) in [4.78, 5) is 3.48. The summed E-state index contributed by atoms with van der Waals surface area (Å²) in [5.74, 6) is 0. The van der Waals surface area contributed by atoms with Gasteiger partial charge in [0.2, 0.25) is 0 Å². The van der Waals surface area contributed by atoms with Gasteiger partial charge in [0.05, 0.1) is 0 Å². The van der Waals surface area contributed by atoms with Gasteiger partial charge in [0.25, 0.3) is 10.0 Å². The van der Waals surface area contributed by atoms with Gasteiger partial charge >= 0.3 is 0 Å². The van der Waals surface area contributed by atoms with Crippen molar-refractivity contribution in [3.63, 3.8) is 0 Å². The maximum absolute atomic E-state index is 12.5. The van der Waals surface area contributed by atoms with Gasteiger partial charge in [-0.2, -0.15) is 4.31 Å². The van der Waals surface area contributed by atoms with Crippen LogP contribution in [0.4, 0.5) is 0 Å². The van der Waals surface area contributed by atoms with Crippen molar-refractivity contribution in [3.8, 4) is 0 Å². The number of rotatable bonds is 6. The number of hydrogen-bond acceptors (Lipinski definition) is 4. The minimum atomic E-state index is -3.30. The van der Waals surface area contributed by atoms with E-state index in [-0.39, 0.29) is 0 Å². The number of nitrogens with zero attached hydrogens (tertiary/aromatic N) is 2. The molecule has 0 saturated carbocycles. The number of likely N-dealkylation sites (N-methyl/N-ethyl adjacent to an activating group) is 1. The van der Waals surface area contributed by atoms with Crippen molar-refractivity contribution in [2.75, 3.05) is 33.2 Å². The first-order valence-electron chi connectivity index (χ1n) is 7.31. The highest BCUT2D eigenvalue weighted by molar-refractivity contribution is 7.91. The van der Waals surface area contributed by atoms with Gasteiger partial charge in [-0.3, -0.25) is 0 Å². The molecule has 0 aliphatic carbocycles. The number of likely N-dealkylation sites (tertiary alicyclic amines) is 1. The largest absolute Gasteiger partial charge is 0.302 e. The SMILES string of the molecule is CCc1ccc(S(=O)(=O)N(C)CCN2CCCCC2)s1. The van der Waals surface area contributed by atoms with E-state index in [9.17, 15) is 8.42 Å². The van der Waals surface area contributed by atoms with E-state index in [1.807, 2.05) is 13.0 Å². The Balaban J connectivity index is 1.94. The highest BCUT2D eigenvalue weighted by Crippen LogP contribution is 2.24. The van der Waals surface area contributed by atoms with Crippen molar-refractivity contribution in [1.29, 1.82) is 0 Å². The molecule has 20 heavy (non-hydrogen) atoms. The van der Waals surface area contributed by atoms with Crippen molar-refractivity contribution < 1.29 is 8.42 Å². The summed E-state index contributed by atoms with van der Waals surface area (Å²) in [5, 5.41) is 0. The summed E-state index contributed by atoms with van der Waals surface area (Å²) < 4.78 is 26.9. The van der Waals surface area contributed by atoms with Gasteiger partial charge in [0.15, 0.2) is 0 Å². The molecule has 0 amide bonds. The molecule has 1 aliphatic rings. The molecule has 2 rings (SSSR count). The number of thiophene rings is 1. The topological polar surface area (TPSA) is 40.6 Å². The third-order valence-electron chi connectivity index (χ3n) is 3.83. The molecule has 2 heterocycles. The van der Waals surface area contributed by atoms with Crippen molar-refractivity contribution in [2.45, 2.75) is 36.8 Å². The number of piperidine rings is 1. The van der Waals surface area contributed by atoms with Crippen LogP contribution in [0.5, 0.6) is 0 Å². The lowest BCUT2D eigenvalue weighted by Crippen LogP contribution is -2.38. The van der Waals surface area contributed by atoms with E-state index in [0.29, 0.717) is 10.8 Å². The van der Waals surface area contributed by atoms with Crippen LogP contribution in [0, 0.1) is 0 Å². The van der Waals surface area contributed by atoms with Crippen molar-refractivity contribution in [3.05, 3.63) is 17.0 Å². The van der Waals surface area contributed by atoms with Gasteiger partial charge in [-0.05, 0) is 44.5 Å². The summed E-state index contributed by atoms with van der Waals surface area (Å²) >= 11 is 1.39. The molecule has 1 aromatic heterocycles. The lowest BCUT2D eigenvalue weighted by molar-refractivity contribution is 0.218. The molecular formula is C14H24N2O2S2. The van der Waals surface area contributed by atoms with E-state index in [4.69, 9.17) is 0 Å². The average Bonchev–Trinajstić information content (AvgIpc) is 2.95. The van der Waals surface area contributed by atoms with Crippen LogP contribution in [-0.2, 0) is 16.4 Å². The Kier molecular flexibility index (Phi) is 5.60. The lowest BCUT2D eigenvalue weighted by Gasteiger charge is -2.28. The molecule has 0 spiro atoms. The lowest BCUT2D eigenvalue weighted by atomic mass is 10.1. The summed E-state index contributed by atoms with van der Waals surface area (Å²) in [5.41, 5.74) is 0. The molecule has 0 atom stereocenters. The summed E-state index contributed by atoms with van der Waals surface area (Å²) in [7, 11) is -1.62. The fourth-order valence-corrected chi connectivity index (χ4v) is 5.09. The Labute approximate surface area is 126 Å². The van der Waals surface area contributed by atoms with Gasteiger partial charge < -0.3 is 4.90 Å². The van der Waals surface area contributed by atoms with Gasteiger partial charge in [0.1, 0.15) is 4.21 Å². The van der Waals surface area contributed by atoms with Crippen LogP contribution in [0.3, 0.4) is 0 Å². The Bertz CT molecular complexity index is 519. The molecular weight excluding hydrogens is 292 g/mol. The zero-order chi connectivity index (χ0) is 14.6. The number of sulfonamides is 1. The monoisotopic (exact) mass is 316 g/mol. The van der Waals surface area contributed by atoms with Crippen LogP contribution in [0.25, 0.3) is 0 Å². The van der Waals surface area contributed by atoms with Crippen LogP contribution in [0.2, 0.25) is 0 Å². The van der Waals surface area contributed by atoms with Crippen LogP contribution in [0.1, 0.15) is 31.1 Å². The molecule has 0 N–H and O–H groups in total. The highest BCUT2D eigenvalue weighted by Gasteiger charge is 2.23. The number of hydrogen-bond donors (Lipinski definition) is 0. The average molecular weight is 316 g/mol.